The van der Waals surface area contributed by atoms with E-state index in [0.717, 1.165) is 0 Å². The number of hydrogen-bond donors (Lipinski definition) is 0. The van der Waals surface area contributed by atoms with Crippen molar-refractivity contribution >= 4 is 64.6 Å². The third kappa shape index (κ3) is 4.92. The normalized spacial score (nSPS) is 11.7. The summed E-state index contributed by atoms with van der Waals surface area (Å²) in [6.07, 6.45) is 0. The Balaban J connectivity index is 1.34. The zero-order valence-electron chi connectivity index (χ0n) is 29.6. The van der Waals surface area contributed by atoms with Gasteiger partial charge >= 0.3 is 0 Å². The third-order valence-corrected chi connectivity index (χ3v) is 11.4. The van der Waals surface area contributed by atoms with Gasteiger partial charge in [-0.25, -0.2) is 0 Å². The zero-order valence-corrected chi connectivity index (χ0v) is 29.6. The Hall–Kier alpha value is -7.02. The van der Waals surface area contributed by atoms with Gasteiger partial charge in [-0.3, -0.25) is 0 Å². The molecule has 11 rings (SSSR count). The van der Waals surface area contributed by atoms with E-state index in [-0.39, 0.29) is 0 Å². The van der Waals surface area contributed by atoms with Crippen molar-refractivity contribution in [3.63, 3.8) is 0 Å². The molecule has 0 saturated heterocycles. The summed E-state index contributed by atoms with van der Waals surface area (Å²) in [7, 11) is 0. The predicted molar refractivity (Wildman–Crippen MR) is 233 cm³/mol. The summed E-state index contributed by atoms with van der Waals surface area (Å²) in [6.45, 7) is 0. The first-order valence-electron chi connectivity index (χ1n) is 18.7. The lowest BCUT2D eigenvalue weighted by Crippen LogP contribution is -1.93. The van der Waals surface area contributed by atoms with Gasteiger partial charge in [0.25, 0.3) is 0 Å². The van der Waals surface area contributed by atoms with Gasteiger partial charge in [-0.15, -0.1) is 0 Å². The molecule has 0 spiro atoms. The van der Waals surface area contributed by atoms with E-state index in [0.29, 0.717) is 0 Å². The van der Waals surface area contributed by atoms with E-state index < -0.39 is 0 Å². The molecule has 0 unspecified atom stereocenters. The van der Waals surface area contributed by atoms with Crippen LogP contribution >= 0.6 is 0 Å². The van der Waals surface area contributed by atoms with Gasteiger partial charge in [0, 0.05) is 0 Å². The van der Waals surface area contributed by atoms with Crippen molar-refractivity contribution in [1.82, 2.24) is 0 Å². The smallest absolute Gasteiger partial charge is 0.00259 e. The lowest BCUT2D eigenvalue weighted by atomic mass is 9.82. The highest BCUT2D eigenvalue weighted by Gasteiger charge is 2.20. The number of fused-ring (bicyclic) bond motifs is 7. The SMILES string of the molecule is c1ccc(-c2ccc3cc(-c4ccccc4)c4cc5c(-c6ccc7ccccc7c6)c6ccccc6c(-c6ccc7ccccc7c6)c5cc4c3c2)cc1. The summed E-state index contributed by atoms with van der Waals surface area (Å²) in [6, 6.07) is 76.4. The monoisotopic (exact) mass is 682 g/mol. The van der Waals surface area contributed by atoms with E-state index in [1.165, 1.54) is 109 Å². The largest absolute Gasteiger partial charge is 0.0622 e. The highest BCUT2D eigenvalue weighted by Crippen LogP contribution is 2.48. The molecule has 0 aliphatic carbocycles. The topological polar surface area (TPSA) is 0 Å². The second kappa shape index (κ2) is 12.3. The zero-order chi connectivity index (χ0) is 35.6. The van der Waals surface area contributed by atoms with E-state index in [9.17, 15) is 0 Å². The van der Waals surface area contributed by atoms with Crippen LogP contribution in [0.1, 0.15) is 0 Å². The van der Waals surface area contributed by atoms with Crippen molar-refractivity contribution in [3.8, 4) is 44.5 Å². The quantitative estimate of drug-likeness (QED) is 0.128. The van der Waals surface area contributed by atoms with E-state index in [4.69, 9.17) is 0 Å². The Morgan fingerprint density at radius 2 is 0.648 bits per heavy atom. The Labute approximate surface area is 314 Å². The first-order chi connectivity index (χ1) is 26.8. The number of benzene rings is 11. The molecule has 0 amide bonds. The fraction of sp³-hybridized carbons (Fsp3) is 0. The molecule has 11 aromatic rings. The minimum Gasteiger partial charge on any atom is -0.0622 e. The average molecular weight is 683 g/mol. The summed E-state index contributed by atoms with van der Waals surface area (Å²) in [5, 5.41) is 15.1. The molecule has 0 saturated carbocycles. The Bertz CT molecular complexity index is 3240. The van der Waals surface area contributed by atoms with Gasteiger partial charge in [-0.2, -0.15) is 0 Å². The molecule has 11 aromatic carbocycles. The van der Waals surface area contributed by atoms with Crippen molar-refractivity contribution in [2.75, 3.05) is 0 Å². The van der Waals surface area contributed by atoms with E-state index in [2.05, 4.69) is 206 Å². The fourth-order valence-corrected chi connectivity index (χ4v) is 8.80. The van der Waals surface area contributed by atoms with Crippen LogP contribution in [0.15, 0.2) is 206 Å². The molecule has 0 aromatic heterocycles. The summed E-state index contributed by atoms with van der Waals surface area (Å²) >= 11 is 0. The van der Waals surface area contributed by atoms with Crippen molar-refractivity contribution < 1.29 is 0 Å². The summed E-state index contributed by atoms with van der Waals surface area (Å²) < 4.78 is 0. The van der Waals surface area contributed by atoms with E-state index >= 15 is 0 Å². The molecule has 0 aliphatic heterocycles. The van der Waals surface area contributed by atoms with Crippen LogP contribution in [0.3, 0.4) is 0 Å². The van der Waals surface area contributed by atoms with Gasteiger partial charge in [0.1, 0.15) is 0 Å². The number of rotatable bonds is 4. The standard InChI is InChI=1S/C54H34/c1-3-13-35(14-4-1)41-25-26-42-32-47(38-17-5-2-6-18-38)49-33-51-52(34-50(49)48(42)31-41)54(44-28-24-37-16-8-10-20-40(37)30-44)46-22-12-11-21-45(46)53(51)43-27-23-36-15-7-9-19-39(36)29-43/h1-34H. The molecular weight excluding hydrogens is 649 g/mol. The van der Waals surface area contributed by atoms with Gasteiger partial charge in [0.05, 0.1) is 0 Å². The van der Waals surface area contributed by atoms with Gasteiger partial charge in [-0.1, -0.05) is 170 Å². The maximum absolute atomic E-state index is 2.51. The minimum absolute atomic E-state index is 1.22. The first-order valence-corrected chi connectivity index (χ1v) is 18.7. The van der Waals surface area contributed by atoms with Gasteiger partial charge in [0.2, 0.25) is 0 Å². The Morgan fingerprint density at radius 3 is 1.24 bits per heavy atom. The van der Waals surface area contributed by atoms with Crippen LogP contribution in [-0.2, 0) is 0 Å². The molecule has 250 valence electrons. The Kier molecular flexibility index (Phi) is 6.97. The molecule has 0 radical (unpaired) electrons. The van der Waals surface area contributed by atoms with Crippen LogP contribution < -0.4 is 0 Å². The maximum atomic E-state index is 2.51. The lowest BCUT2D eigenvalue weighted by molar-refractivity contribution is 1.64. The first kappa shape index (κ1) is 30.6. The molecule has 0 bridgehead atoms. The van der Waals surface area contributed by atoms with Crippen LogP contribution in [-0.4, -0.2) is 0 Å². The molecule has 54 heavy (non-hydrogen) atoms. The molecule has 0 nitrogen and oxygen atoms in total. The van der Waals surface area contributed by atoms with Crippen LogP contribution in [0, 0.1) is 0 Å². The fourth-order valence-electron chi connectivity index (χ4n) is 8.80. The second-order valence-electron chi connectivity index (χ2n) is 14.5. The molecule has 0 heteroatoms. The summed E-state index contributed by atoms with van der Waals surface area (Å²) in [4.78, 5) is 0. The third-order valence-electron chi connectivity index (χ3n) is 11.4. The van der Waals surface area contributed by atoms with E-state index in [1.807, 2.05) is 0 Å². The van der Waals surface area contributed by atoms with E-state index in [1.54, 1.807) is 0 Å². The molecule has 0 fully saturated rings. The lowest BCUT2D eigenvalue weighted by Gasteiger charge is -2.21. The summed E-state index contributed by atoms with van der Waals surface area (Å²) in [5.41, 5.74) is 9.92. The van der Waals surface area contributed by atoms with Gasteiger partial charge in [0.15, 0.2) is 0 Å². The van der Waals surface area contributed by atoms with Crippen molar-refractivity contribution in [3.05, 3.63) is 206 Å². The molecule has 0 N–H and O–H groups in total. The predicted octanol–water partition coefficient (Wildman–Crippen LogP) is 15.3. The van der Waals surface area contributed by atoms with Crippen molar-refractivity contribution in [1.29, 1.82) is 0 Å². The molecule has 0 heterocycles. The Morgan fingerprint density at radius 1 is 0.185 bits per heavy atom. The van der Waals surface area contributed by atoms with Crippen LogP contribution in [0.5, 0.6) is 0 Å². The van der Waals surface area contributed by atoms with Crippen molar-refractivity contribution in [2.24, 2.45) is 0 Å². The highest BCUT2D eigenvalue weighted by molar-refractivity contribution is 6.27. The van der Waals surface area contributed by atoms with Crippen molar-refractivity contribution in [2.45, 2.75) is 0 Å². The van der Waals surface area contributed by atoms with Gasteiger partial charge < -0.3 is 0 Å². The van der Waals surface area contributed by atoms with Gasteiger partial charge in [-0.05, 0) is 146 Å². The molecule has 0 aliphatic rings. The molecular formula is C54H34. The summed E-state index contributed by atoms with van der Waals surface area (Å²) in [5.74, 6) is 0. The van der Waals surface area contributed by atoms with Crippen LogP contribution in [0.2, 0.25) is 0 Å². The average Bonchev–Trinajstić information content (AvgIpc) is 3.24. The second-order valence-corrected chi connectivity index (χ2v) is 14.5. The minimum atomic E-state index is 1.22. The maximum Gasteiger partial charge on any atom is -0.00259 e. The molecule has 0 atom stereocenters. The number of hydrogen-bond acceptors (Lipinski definition) is 0. The van der Waals surface area contributed by atoms with Crippen LogP contribution in [0.25, 0.3) is 109 Å². The highest BCUT2D eigenvalue weighted by atomic mass is 14.2. The van der Waals surface area contributed by atoms with Crippen LogP contribution in [0.4, 0.5) is 0 Å².